The molecule has 2 rings (SSSR count). The minimum atomic E-state index is -0.724. The summed E-state index contributed by atoms with van der Waals surface area (Å²) in [7, 11) is 0. The first-order valence-corrected chi connectivity index (χ1v) is 7.85. The third-order valence-corrected chi connectivity index (χ3v) is 3.70. The topological polar surface area (TPSA) is 138 Å². The molecule has 1 aromatic rings. The monoisotopic (exact) mass is 357 g/mol. The SMILES string of the molecule is CCOC(=O)C1=C(C)OC(N)=C(C#N)C1c1ccc(OCC(N)=O)cc1. The number of hydrogen-bond donors (Lipinski definition) is 2. The van der Waals surface area contributed by atoms with E-state index in [1.54, 1.807) is 38.1 Å². The number of primary amides is 1. The molecule has 4 N–H and O–H groups in total. The van der Waals surface area contributed by atoms with Crippen LogP contribution >= 0.6 is 0 Å². The molecule has 1 unspecified atom stereocenters. The van der Waals surface area contributed by atoms with Gasteiger partial charge in [-0.1, -0.05) is 12.1 Å². The fraction of sp³-hybridized carbons (Fsp3) is 0.278. The molecule has 0 saturated heterocycles. The van der Waals surface area contributed by atoms with Crippen LogP contribution in [0.1, 0.15) is 25.3 Å². The Bertz CT molecular complexity index is 818. The van der Waals surface area contributed by atoms with Gasteiger partial charge in [0.05, 0.1) is 18.1 Å². The van der Waals surface area contributed by atoms with Crippen LogP contribution in [0.5, 0.6) is 5.75 Å². The molecule has 1 aliphatic rings. The molecule has 8 nitrogen and oxygen atoms in total. The average Bonchev–Trinajstić information content (AvgIpc) is 2.60. The summed E-state index contributed by atoms with van der Waals surface area (Å²) in [6.07, 6.45) is 0. The second-order valence-electron chi connectivity index (χ2n) is 5.44. The number of nitrogens with zero attached hydrogens (tertiary/aromatic N) is 1. The van der Waals surface area contributed by atoms with E-state index < -0.39 is 17.8 Å². The van der Waals surface area contributed by atoms with Gasteiger partial charge >= 0.3 is 5.97 Å². The molecule has 0 aliphatic carbocycles. The third kappa shape index (κ3) is 3.95. The number of benzene rings is 1. The van der Waals surface area contributed by atoms with Gasteiger partial charge in [-0.05, 0) is 31.5 Å². The van der Waals surface area contributed by atoms with Crippen molar-refractivity contribution in [2.24, 2.45) is 11.5 Å². The van der Waals surface area contributed by atoms with E-state index in [0.717, 1.165) is 0 Å². The number of carbonyl (C=O) groups excluding carboxylic acids is 2. The van der Waals surface area contributed by atoms with Crippen molar-refractivity contribution in [2.45, 2.75) is 19.8 Å². The molecule has 8 heteroatoms. The quantitative estimate of drug-likeness (QED) is 0.729. The molecule has 0 radical (unpaired) electrons. The van der Waals surface area contributed by atoms with E-state index in [1.807, 2.05) is 6.07 Å². The van der Waals surface area contributed by atoms with Gasteiger partial charge < -0.3 is 25.7 Å². The Balaban J connectivity index is 2.43. The summed E-state index contributed by atoms with van der Waals surface area (Å²) in [5.74, 6) is -1.25. The fourth-order valence-electron chi connectivity index (χ4n) is 2.60. The number of ether oxygens (including phenoxy) is 3. The van der Waals surface area contributed by atoms with Crippen molar-refractivity contribution in [3.8, 4) is 11.8 Å². The van der Waals surface area contributed by atoms with Crippen molar-refractivity contribution in [3.05, 3.63) is 52.6 Å². The van der Waals surface area contributed by atoms with Crippen molar-refractivity contribution in [1.82, 2.24) is 0 Å². The van der Waals surface area contributed by atoms with Crippen LogP contribution in [0.2, 0.25) is 0 Å². The molecule has 1 heterocycles. The first-order chi connectivity index (χ1) is 12.4. The number of nitriles is 1. The maximum atomic E-state index is 12.4. The number of hydrogen-bond acceptors (Lipinski definition) is 7. The number of amides is 1. The number of esters is 1. The lowest BCUT2D eigenvalue weighted by atomic mass is 9.83. The minimum Gasteiger partial charge on any atom is -0.484 e. The molecular formula is C18H19N3O5. The maximum Gasteiger partial charge on any atom is 0.338 e. The van der Waals surface area contributed by atoms with Crippen LogP contribution in [-0.2, 0) is 19.1 Å². The summed E-state index contributed by atoms with van der Waals surface area (Å²) in [4.78, 5) is 23.2. The summed E-state index contributed by atoms with van der Waals surface area (Å²) in [5, 5.41) is 9.49. The number of nitrogens with two attached hydrogens (primary N) is 2. The van der Waals surface area contributed by atoms with Crippen molar-refractivity contribution >= 4 is 11.9 Å². The molecule has 1 aliphatic heterocycles. The Morgan fingerprint density at radius 1 is 1.31 bits per heavy atom. The highest BCUT2D eigenvalue weighted by atomic mass is 16.5. The molecule has 0 saturated carbocycles. The Hall–Kier alpha value is -3.47. The molecular weight excluding hydrogens is 338 g/mol. The minimum absolute atomic E-state index is 0.0582. The zero-order valence-corrected chi connectivity index (χ0v) is 14.4. The number of carbonyl (C=O) groups is 2. The van der Waals surface area contributed by atoms with Crippen LogP contribution in [0.3, 0.4) is 0 Å². The van der Waals surface area contributed by atoms with E-state index in [0.29, 0.717) is 11.3 Å². The van der Waals surface area contributed by atoms with E-state index in [9.17, 15) is 14.9 Å². The van der Waals surface area contributed by atoms with Crippen LogP contribution in [-0.4, -0.2) is 25.1 Å². The van der Waals surface area contributed by atoms with Crippen LogP contribution < -0.4 is 16.2 Å². The lowest BCUT2D eigenvalue weighted by Gasteiger charge is -2.26. The van der Waals surface area contributed by atoms with Gasteiger partial charge in [-0.15, -0.1) is 0 Å². The van der Waals surface area contributed by atoms with E-state index in [2.05, 4.69) is 0 Å². The summed E-state index contributed by atoms with van der Waals surface area (Å²) >= 11 is 0. The maximum absolute atomic E-state index is 12.4. The third-order valence-electron chi connectivity index (χ3n) is 3.70. The van der Waals surface area contributed by atoms with Gasteiger partial charge in [0.15, 0.2) is 6.61 Å². The van der Waals surface area contributed by atoms with Crippen LogP contribution in [0.4, 0.5) is 0 Å². The number of rotatable bonds is 6. The van der Waals surface area contributed by atoms with Crippen LogP contribution in [0.15, 0.2) is 47.1 Å². The van der Waals surface area contributed by atoms with Crippen molar-refractivity contribution in [1.29, 1.82) is 5.26 Å². The summed E-state index contributed by atoms with van der Waals surface area (Å²) in [6.45, 7) is 3.21. The van der Waals surface area contributed by atoms with E-state index in [-0.39, 0.29) is 36.0 Å². The normalized spacial score (nSPS) is 16.6. The molecule has 1 amide bonds. The average molecular weight is 357 g/mol. The fourth-order valence-corrected chi connectivity index (χ4v) is 2.60. The van der Waals surface area contributed by atoms with Gasteiger partial charge in [-0.3, -0.25) is 4.79 Å². The van der Waals surface area contributed by atoms with Crippen LogP contribution in [0.25, 0.3) is 0 Å². The van der Waals surface area contributed by atoms with Gasteiger partial charge in [0.25, 0.3) is 5.91 Å². The lowest BCUT2D eigenvalue weighted by molar-refractivity contribution is -0.139. The van der Waals surface area contributed by atoms with E-state index in [1.165, 1.54) is 0 Å². The van der Waals surface area contributed by atoms with Gasteiger partial charge in [0.2, 0.25) is 5.88 Å². The van der Waals surface area contributed by atoms with Crippen molar-refractivity contribution in [2.75, 3.05) is 13.2 Å². The second kappa shape index (κ2) is 8.07. The molecule has 0 aromatic heterocycles. The van der Waals surface area contributed by atoms with E-state index >= 15 is 0 Å². The number of allylic oxidation sites excluding steroid dienone is 2. The van der Waals surface area contributed by atoms with Gasteiger partial charge in [0.1, 0.15) is 23.2 Å². The largest absolute Gasteiger partial charge is 0.484 e. The summed E-state index contributed by atoms with van der Waals surface area (Å²) in [5.41, 5.74) is 11.8. The predicted octanol–water partition coefficient (Wildman–Crippen LogP) is 1.20. The van der Waals surface area contributed by atoms with Gasteiger partial charge in [0, 0.05) is 0 Å². The zero-order chi connectivity index (χ0) is 19.3. The van der Waals surface area contributed by atoms with Gasteiger partial charge in [-0.25, -0.2) is 4.79 Å². The summed E-state index contributed by atoms with van der Waals surface area (Å²) in [6, 6.07) is 8.56. The van der Waals surface area contributed by atoms with Gasteiger partial charge in [-0.2, -0.15) is 5.26 Å². The molecule has 0 spiro atoms. The summed E-state index contributed by atoms with van der Waals surface area (Å²) < 4.78 is 15.7. The molecule has 136 valence electrons. The predicted molar refractivity (Wildman–Crippen MR) is 91.1 cm³/mol. The Kier molecular flexibility index (Phi) is 5.86. The van der Waals surface area contributed by atoms with Crippen molar-refractivity contribution < 1.29 is 23.8 Å². The Morgan fingerprint density at radius 3 is 2.50 bits per heavy atom. The zero-order valence-electron chi connectivity index (χ0n) is 14.4. The smallest absolute Gasteiger partial charge is 0.338 e. The molecule has 1 atom stereocenters. The molecule has 0 fully saturated rings. The highest BCUT2D eigenvalue weighted by Gasteiger charge is 2.36. The Morgan fingerprint density at radius 2 is 1.96 bits per heavy atom. The van der Waals surface area contributed by atoms with E-state index in [4.69, 9.17) is 25.7 Å². The molecule has 1 aromatic carbocycles. The highest BCUT2D eigenvalue weighted by Crippen LogP contribution is 2.39. The second-order valence-corrected chi connectivity index (χ2v) is 5.44. The van der Waals surface area contributed by atoms with Crippen molar-refractivity contribution in [3.63, 3.8) is 0 Å². The molecule has 26 heavy (non-hydrogen) atoms. The highest BCUT2D eigenvalue weighted by molar-refractivity contribution is 5.92. The van der Waals surface area contributed by atoms with Crippen LogP contribution in [0, 0.1) is 11.3 Å². The molecule has 0 bridgehead atoms. The Labute approximate surface area is 150 Å². The first kappa shape index (κ1) is 18.9. The first-order valence-electron chi connectivity index (χ1n) is 7.85. The lowest BCUT2D eigenvalue weighted by Crippen LogP contribution is -2.25. The standard InChI is InChI=1S/C18H19N3O5/c1-3-24-18(23)15-10(2)26-17(21)13(8-19)16(15)11-4-6-12(7-5-11)25-9-14(20)22/h4-7,16H,3,9,21H2,1-2H3,(H2,20,22).